The molecule has 0 aliphatic carbocycles. The van der Waals surface area contributed by atoms with E-state index in [1.807, 2.05) is 13.8 Å². The van der Waals surface area contributed by atoms with Gasteiger partial charge >= 0.3 is 0 Å². The Labute approximate surface area is 73.2 Å². The van der Waals surface area contributed by atoms with Crippen molar-refractivity contribution in [3.63, 3.8) is 0 Å². The third kappa shape index (κ3) is 1.49. The highest BCUT2D eigenvalue weighted by molar-refractivity contribution is 5.08. The molecule has 3 heteroatoms. The van der Waals surface area contributed by atoms with Crippen molar-refractivity contribution in [3.05, 3.63) is 18.0 Å². The lowest BCUT2D eigenvalue weighted by molar-refractivity contribution is 0.0988. The van der Waals surface area contributed by atoms with Crippen LogP contribution in [0.2, 0.25) is 0 Å². The first kappa shape index (κ1) is 7.77. The predicted molar refractivity (Wildman–Crippen MR) is 44.4 cm³/mol. The van der Waals surface area contributed by atoms with Crippen molar-refractivity contribution in [1.82, 2.24) is 5.16 Å². The minimum atomic E-state index is -1.50. The van der Waals surface area contributed by atoms with Gasteiger partial charge in [0.15, 0.2) is 5.67 Å². The summed E-state index contributed by atoms with van der Waals surface area (Å²) in [6, 6.07) is 1.33. The lowest BCUT2D eigenvalue weighted by Gasteiger charge is -2.23. The molecule has 12 heavy (non-hydrogen) atoms. The molecule has 0 bridgehead atoms. The maximum atomic E-state index is 14.0. The molecule has 68 valence electrons. The molecule has 1 aromatic heterocycles. The second-order valence-electron chi connectivity index (χ2n) is 3.21. The number of alkyl halides is 1. The normalized spacial score (nSPS) is 19.8. The molecule has 0 aromatic carbocycles. The minimum absolute atomic E-state index is 0.0952. The fourth-order valence-electron chi connectivity index (χ4n) is 1.05. The van der Waals surface area contributed by atoms with E-state index in [2.05, 4.69) is 9.68 Å². The molecule has 0 N–H and O–H groups in total. The van der Waals surface area contributed by atoms with E-state index in [0.717, 1.165) is 6.42 Å². The van der Waals surface area contributed by atoms with Crippen molar-refractivity contribution in [2.75, 3.05) is 0 Å². The number of hydrogen-bond acceptors (Lipinski definition) is 2. The van der Waals surface area contributed by atoms with Gasteiger partial charge in [-0.2, -0.15) is 0 Å². The van der Waals surface area contributed by atoms with Gasteiger partial charge in [0, 0.05) is 6.07 Å². The van der Waals surface area contributed by atoms with E-state index in [1.54, 1.807) is 0 Å². The van der Waals surface area contributed by atoms with Crippen molar-refractivity contribution in [2.24, 2.45) is 5.92 Å². The maximum absolute atomic E-state index is 14.0. The van der Waals surface area contributed by atoms with E-state index in [9.17, 15) is 4.39 Å². The van der Waals surface area contributed by atoms with Crippen molar-refractivity contribution in [3.8, 4) is 0 Å². The smallest absolute Gasteiger partial charge is 0.155 e. The topological polar surface area (TPSA) is 26.0 Å². The quantitative estimate of drug-likeness (QED) is 0.700. The molecule has 1 aromatic rings. The number of aromatic nitrogens is 1. The van der Waals surface area contributed by atoms with Crippen LogP contribution in [0.15, 0.2) is 16.8 Å². The fraction of sp³-hybridized carbons (Fsp3) is 0.667. The second kappa shape index (κ2) is 3.25. The molecular weight excluding hydrogens is 157 g/mol. The predicted octanol–water partition coefficient (Wildman–Crippen LogP) is 2.91. The first-order valence-electron chi connectivity index (χ1n) is 4.61. The molecule has 0 saturated carbocycles. The van der Waals surface area contributed by atoms with Crippen LogP contribution >= 0.6 is 0 Å². The Morgan fingerprint density at radius 2 is 2.58 bits per heavy atom. The zero-order valence-corrected chi connectivity index (χ0v) is 7.60. The number of halogens is 1. The van der Waals surface area contributed by atoms with Crippen LogP contribution in [0.3, 0.4) is 0 Å². The van der Waals surface area contributed by atoms with Gasteiger partial charge in [0.25, 0.3) is 0 Å². The number of hydrogen-bond donors (Lipinski definition) is 0. The summed E-state index contributed by atoms with van der Waals surface area (Å²) in [4.78, 5) is 0. The zero-order chi connectivity index (χ0) is 10.1. The average Bonchev–Trinajstić information content (AvgIpc) is 2.50. The van der Waals surface area contributed by atoms with Crippen molar-refractivity contribution in [1.29, 1.82) is 0 Å². The number of rotatable bonds is 3. The van der Waals surface area contributed by atoms with Crippen LogP contribution in [-0.4, -0.2) is 5.16 Å². The van der Waals surface area contributed by atoms with Gasteiger partial charge in [0.05, 0.1) is 0 Å². The monoisotopic (exact) mass is 172 g/mol. The van der Waals surface area contributed by atoms with Gasteiger partial charge in [0.1, 0.15) is 13.3 Å². The highest BCUT2D eigenvalue weighted by Gasteiger charge is 2.34. The van der Waals surface area contributed by atoms with Crippen molar-refractivity contribution in [2.45, 2.75) is 32.9 Å². The van der Waals surface area contributed by atoms with E-state index in [0.29, 0.717) is 0 Å². The fourth-order valence-corrected chi connectivity index (χ4v) is 1.05. The van der Waals surface area contributed by atoms with Crippen LogP contribution in [0.25, 0.3) is 0 Å². The van der Waals surface area contributed by atoms with E-state index >= 15 is 0 Å². The van der Waals surface area contributed by atoms with Gasteiger partial charge in [-0.05, 0) is 12.8 Å². The van der Waals surface area contributed by atoms with Crippen LogP contribution in [-0.2, 0) is 5.67 Å². The van der Waals surface area contributed by atoms with Gasteiger partial charge in [-0.1, -0.05) is 25.4 Å². The Bertz CT molecular complexity index is 285. The highest BCUT2D eigenvalue weighted by Crippen LogP contribution is 2.34. The first-order chi connectivity index (χ1) is 5.98. The number of nitrogens with zero attached hydrogens (tertiary/aromatic N) is 1. The van der Waals surface area contributed by atoms with E-state index in [1.165, 1.54) is 13.0 Å². The largest absolute Gasteiger partial charge is 0.364 e. The summed E-state index contributed by atoms with van der Waals surface area (Å²) in [5.41, 5.74) is -1.29. The summed E-state index contributed by atoms with van der Waals surface area (Å²) in [7, 11) is 0. The van der Waals surface area contributed by atoms with Gasteiger partial charge < -0.3 is 4.52 Å². The molecule has 2 unspecified atom stereocenters. The van der Waals surface area contributed by atoms with E-state index in [4.69, 9.17) is 1.37 Å². The molecule has 0 spiro atoms. The summed E-state index contributed by atoms with van der Waals surface area (Å²) in [5, 5.41) is 3.52. The standard InChI is InChI=1S/C9H14FNO/c1-4-7(2)9(3,10)8-5-6-12-11-8/h5-7H,4H2,1-3H3/i6D. The van der Waals surface area contributed by atoms with Crippen LogP contribution in [0.4, 0.5) is 4.39 Å². The van der Waals surface area contributed by atoms with Crippen molar-refractivity contribution >= 4 is 0 Å². The Morgan fingerprint density at radius 3 is 3.00 bits per heavy atom. The average molecular weight is 172 g/mol. The van der Waals surface area contributed by atoms with Gasteiger partial charge in [0.2, 0.25) is 0 Å². The lowest BCUT2D eigenvalue weighted by atomic mass is 9.88. The summed E-state index contributed by atoms with van der Waals surface area (Å²) in [5.74, 6) is -0.128. The van der Waals surface area contributed by atoms with Gasteiger partial charge in [-0.15, -0.1) is 0 Å². The van der Waals surface area contributed by atoms with Crippen molar-refractivity contribution < 1.29 is 10.3 Å². The van der Waals surface area contributed by atoms with E-state index in [-0.39, 0.29) is 17.9 Å². The summed E-state index contributed by atoms with van der Waals surface area (Å²) < 4.78 is 25.6. The van der Waals surface area contributed by atoms with Crippen LogP contribution in [0, 0.1) is 5.92 Å². The highest BCUT2D eigenvalue weighted by atomic mass is 19.1. The second-order valence-corrected chi connectivity index (χ2v) is 3.21. The van der Waals surface area contributed by atoms with Crippen LogP contribution < -0.4 is 0 Å². The molecule has 0 aliphatic heterocycles. The SMILES string of the molecule is [2H]c1cc(C(C)(F)C(C)CC)no1. The summed E-state index contributed by atoms with van der Waals surface area (Å²) in [6.07, 6.45) is 0.634. The molecule has 0 fully saturated rings. The molecule has 0 amide bonds. The molecule has 1 heterocycles. The molecule has 2 nitrogen and oxygen atoms in total. The Morgan fingerprint density at radius 1 is 1.92 bits per heavy atom. The van der Waals surface area contributed by atoms with Gasteiger partial charge in [-0.25, -0.2) is 4.39 Å². The minimum Gasteiger partial charge on any atom is -0.364 e. The van der Waals surface area contributed by atoms with E-state index < -0.39 is 5.67 Å². The Hall–Kier alpha value is -0.860. The maximum Gasteiger partial charge on any atom is 0.155 e. The molecule has 2 atom stereocenters. The third-order valence-electron chi connectivity index (χ3n) is 2.43. The lowest BCUT2D eigenvalue weighted by Crippen LogP contribution is -2.24. The summed E-state index contributed by atoms with van der Waals surface area (Å²) in [6.45, 7) is 5.21. The Kier molecular flexibility index (Phi) is 2.11. The first-order valence-corrected chi connectivity index (χ1v) is 4.11. The summed E-state index contributed by atoms with van der Waals surface area (Å²) >= 11 is 0. The molecule has 0 saturated heterocycles. The van der Waals surface area contributed by atoms with Crippen LogP contribution in [0.5, 0.6) is 0 Å². The molecule has 0 aliphatic rings. The molecular formula is C9H14FNO. The molecule has 0 radical (unpaired) electrons. The molecule has 1 rings (SSSR count). The zero-order valence-electron chi connectivity index (χ0n) is 8.60. The van der Waals surface area contributed by atoms with Crippen LogP contribution in [0.1, 0.15) is 34.3 Å². The van der Waals surface area contributed by atoms with Gasteiger partial charge in [-0.3, -0.25) is 0 Å². The third-order valence-corrected chi connectivity index (χ3v) is 2.43. The Balaban J connectivity index is 2.92.